The minimum absolute atomic E-state index is 0.0144. The first-order valence-corrected chi connectivity index (χ1v) is 7.98. The van der Waals surface area contributed by atoms with Crippen molar-refractivity contribution in [3.63, 3.8) is 0 Å². The molecule has 0 N–H and O–H groups in total. The van der Waals surface area contributed by atoms with E-state index in [1.165, 1.54) is 0 Å². The van der Waals surface area contributed by atoms with Crippen molar-refractivity contribution in [1.82, 2.24) is 9.38 Å². The molecular formula is C19H20N4O. The number of hydrogen-bond acceptors (Lipinski definition) is 4. The Morgan fingerprint density at radius 1 is 1.12 bits per heavy atom. The SMILES string of the molecule is CC(=O)c1cccc(N=Nc2c(C(C)C)nc3cccc(C)n23)c1. The van der Waals surface area contributed by atoms with Gasteiger partial charge < -0.3 is 0 Å². The molecule has 0 fully saturated rings. The number of pyridine rings is 1. The summed E-state index contributed by atoms with van der Waals surface area (Å²) in [7, 11) is 0. The lowest BCUT2D eigenvalue weighted by molar-refractivity contribution is 0.101. The lowest BCUT2D eigenvalue weighted by Crippen LogP contribution is -1.91. The van der Waals surface area contributed by atoms with Crippen LogP contribution in [0.5, 0.6) is 0 Å². The number of ketones is 1. The highest BCUT2D eigenvalue weighted by Gasteiger charge is 2.16. The molecule has 1 aromatic carbocycles. The number of carbonyl (C=O) groups excluding carboxylic acids is 1. The maximum Gasteiger partial charge on any atom is 0.183 e. The molecular weight excluding hydrogens is 300 g/mol. The lowest BCUT2D eigenvalue weighted by atomic mass is 10.1. The Kier molecular flexibility index (Phi) is 4.25. The van der Waals surface area contributed by atoms with Gasteiger partial charge in [-0.1, -0.05) is 32.0 Å². The van der Waals surface area contributed by atoms with Crippen molar-refractivity contribution in [2.24, 2.45) is 10.2 Å². The average Bonchev–Trinajstić information content (AvgIpc) is 2.93. The number of hydrogen-bond donors (Lipinski definition) is 0. The maximum absolute atomic E-state index is 11.5. The third kappa shape index (κ3) is 2.97. The highest BCUT2D eigenvalue weighted by Crippen LogP contribution is 2.30. The van der Waals surface area contributed by atoms with Crippen LogP contribution in [0.3, 0.4) is 0 Å². The zero-order valence-electron chi connectivity index (χ0n) is 14.3. The van der Waals surface area contributed by atoms with E-state index in [1.807, 2.05) is 41.7 Å². The number of imidazole rings is 1. The number of carbonyl (C=O) groups is 1. The third-order valence-electron chi connectivity index (χ3n) is 3.90. The first-order valence-electron chi connectivity index (χ1n) is 7.98. The molecule has 3 aromatic rings. The summed E-state index contributed by atoms with van der Waals surface area (Å²) in [5.74, 6) is 0.994. The molecule has 0 bridgehead atoms. The van der Waals surface area contributed by atoms with Crippen LogP contribution in [0.15, 0.2) is 52.7 Å². The second-order valence-electron chi connectivity index (χ2n) is 6.14. The van der Waals surface area contributed by atoms with Gasteiger partial charge in [0, 0.05) is 11.3 Å². The van der Waals surface area contributed by atoms with Crippen molar-refractivity contribution in [2.45, 2.75) is 33.6 Å². The van der Waals surface area contributed by atoms with Gasteiger partial charge in [-0.3, -0.25) is 9.20 Å². The molecule has 0 radical (unpaired) electrons. The smallest absolute Gasteiger partial charge is 0.183 e. The predicted molar refractivity (Wildman–Crippen MR) is 94.6 cm³/mol. The Labute approximate surface area is 141 Å². The van der Waals surface area contributed by atoms with Crippen LogP contribution in [0.1, 0.15) is 48.4 Å². The monoisotopic (exact) mass is 320 g/mol. The van der Waals surface area contributed by atoms with Crippen LogP contribution in [-0.4, -0.2) is 15.2 Å². The van der Waals surface area contributed by atoms with E-state index >= 15 is 0 Å². The number of benzene rings is 1. The van der Waals surface area contributed by atoms with Crippen LogP contribution in [0.25, 0.3) is 5.65 Å². The van der Waals surface area contributed by atoms with E-state index in [9.17, 15) is 4.79 Å². The summed E-state index contributed by atoms with van der Waals surface area (Å²) in [6.07, 6.45) is 0. The largest absolute Gasteiger partial charge is 0.295 e. The summed E-state index contributed by atoms with van der Waals surface area (Å²) >= 11 is 0. The van der Waals surface area contributed by atoms with E-state index in [-0.39, 0.29) is 11.7 Å². The molecule has 0 amide bonds. The summed E-state index contributed by atoms with van der Waals surface area (Å²) in [6.45, 7) is 7.74. The molecule has 0 unspecified atom stereocenters. The van der Waals surface area contributed by atoms with Gasteiger partial charge >= 0.3 is 0 Å². The van der Waals surface area contributed by atoms with Gasteiger partial charge in [-0.15, -0.1) is 10.2 Å². The molecule has 0 spiro atoms. The number of azo groups is 1. The Morgan fingerprint density at radius 3 is 2.58 bits per heavy atom. The van der Waals surface area contributed by atoms with Gasteiger partial charge in [-0.2, -0.15) is 0 Å². The second-order valence-corrected chi connectivity index (χ2v) is 6.14. The van der Waals surface area contributed by atoms with E-state index in [0.29, 0.717) is 11.3 Å². The topological polar surface area (TPSA) is 59.1 Å². The van der Waals surface area contributed by atoms with Crippen LogP contribution in [-0.2, 0) is 0 Å². The standard InChI is InChI=1S/C19H20N4O/c1-12(2)18-19(23-13(3)7-5-10-17(23)20-18)22-21-16-9-6-8-15(11-16)14(4)24/h5-12H,1-4H3. The van der Waals surface area contributed by atoms with Gasteiger partial charge in [0.25, 0.3) is 0 Å². The average molecular weight is 320 g/mol. The van der Waals surface area contributed by atoms with Gasteiger partial charge in [0.2, 0.25) is 0 Å². The molecule has 0 aliphatic heterocycles. The first-order chi connectivity index (χ1) is 11.5. The Balaban J connectivity index is 2.10. The number of fused-ring (bicyclic) bond motifs is 1. The van der Waals surface area contributed by atoms with Crippen molar-refractivity contribution in [2.75, 3.05) is 0 Å². The fourth-order valence-corrected chi connectivity index (χ4v) is 2.63. The quantitative estimate of drug-likeness (QED) is 0.478. The number of nitrogens with zero attached hydrogens (tertiary/aromatic N) is 4. The van der Waals surface area contributed by atoms with Crippen molar-refractivity contribution in [3.05, 3.63) is 59.4 Å². The van der Waals surface area contributed by atoms with Gasteiger partial charge in [0.1, 0.15) is 5.65 Å². The fraction of sp³-hybridized carbons (Fsp3) is 0.263. The Morgan fingerprint density at radius 2 is 1.88 bits per heavy atom. The summed E-state index contributed by atoms with van der Waals surface area (Å²) in [5, 5.41) is 8.80. The molecule has 0 saturated carbocycles. The molecule has 0 atom stereocenters. The van der Waals surface area contributed by atoms with E-state index in [0.717, 1.165) is 22.9 Å². The van der Waals surface area contributed by atoms with E-state index in [1.54, 1.807) is 19.1 Å². The molecule has 3 rings (SSSR count). The molecule has 5 nitrogen and oxygen atoms in total. The molecule has 0 aliphatic rings. The lowest BCUT2D eigenvalue weighted by Gasteiger charge is -2.04. The van der Waals surface area contributed by atoms with Crippen molar-refractivity contribution >= 4 is 22.9 Å². The van der Waals surface area contributed by atoms with Crippen molar-refractivity contribution in [3.8, 4) is 0 Å². The normalized spacial score (nSPS) is 11.7. The van der Waals surface area contributed by atoms with Gasteiger partial charge in [-0.25, -0.2) is 4.98 Å². The van der Waals surface area contributed by atoms with Gasteiger partial charge in [0.05, 0.1) is 11.4 Å². The highest BCUT2D eigenvalue weighted by atomic mass is 16.1. The molecule has 2 heterocycles. The van der Waals surface area contributed by atoms with E-state index in [2.05, 4.69) is 29.1 Å². The molecule has 0 saturated heterocycles. The fourth-order valence-electron chi connectivity index (χ4n) is 2.63. The highest BCUT2D eigenvalue weighted by molar-refractivity contribution is 5.94. The van der Waals surface area contributed by atoms with Gasteiger partial charge in [-0.05, 0) is 44.0 Å². The number of Topliss-reactive ketones (excluding diaryl/α,β-unsaturated/α-hetero) is 1. The molecule has 24 heavy (non-hydrogen) atoms. The molecule has 0 aliphatic carbocycles. The Bertz CT molecular complexity index is 938. The van der Waals surface area contributed by atoms with Gasteiger partial charge in [0.15, 0.2) is 11.6 Å². The third-order valence-corrected chi connectivity index (χ3v) is 3.90. The molecule has 2 aromatic heterocycles. The number of rotatable bonds is 4. The zero-order valence-corrected chi connectivity index (χ0v) is 14.3. The van der Waals surface area contributed by atoms with E-state index in [4.69, 9.17) is 0 Å². The van der Waals surface area contributed by atoms with Crippen LogP contribution in [0, 0.1) is 6.92 Å². The maximum atomic E-state index is 11.5. The number of aromatic nitrogens is 2. The van der Waals surface area contributed by atoms with Crippen LogP contribution in [0.4, 0.5) is 11.5 Å². The summed E-state index contributed by atoms with van der Waals surface area (Å²) in [4.78, 5) is 16.2. The van der Waals surface area contributed by atoms with Crippen molar-refractivity contribution in [1.29, 1.82) is 0 Å². The minimum Gasteiger partial charge on any atom is -0.295 e. The van der Waals surface area contributed by atoms with Crippen LogP contribution >= 0.6 is 0 Å². The van der Waals surface area contributed by atoms with Crippen LogP contribution in [0.2, 0.25) is 0 Å². The second kappa shape index (κ2) is 6.35. The predicted octanol–water partition coefficient (Wildman–Crippen LogP) is 5.38. The number of aryl methyl sites for hydroxylation is 1. The molecule has 5 heteroatoms. The minimum atomic E-state index is 0.0144. The zero-order chi connectivity index (χ0) is 17.3. The van der Waals surface area contributed by atoms with Crippen LogP contribution < -0.4 is 0 Å². The Hall–Kier alpha value is -2.82. The van der Waals surface area contributed by atoms with E-state index < -0.39 is 0 Å². The summed E-state index contributed by atoms with van der Waals surface area (Å²) in [6, 6.07) is 13.1. The summed E-state index contributed by atoms with van der Waals surface area (Å²) in [5.41, 5.74) is 4.12. The van der Waals surface area contributed by atoms with Crippen molar-refractivity contribution < 1.29 is 4.79 Å². The molecule has 122 valence electrons. The summed E-state index contributed by atoms with van der Waals surface area (Å²) < 4.78 is 2.01. The first kappa shape index (κ1) is 16.1.